The lowest BCUT2D eigenvalue weighted by Gasteiger charge is -2.13. The van der Waals surface area contributed by atoms with Crippen molar-refractivity contribution in [1.82, 2.24) is 24.7 Å². The number of aryl methyl sites for hydroxylation is 1. The van der Waals surface area contributed by atoms with Crippen LogP contribution in [0.15, 0.2) is 60.9 Å². The quantitative estimate of drug-likeness (QED) is 0.567. The molecule has 0 bridgehead atoms. The van der Waals surface area contributed by atoms with Crippen LogP contribution in [0.2, 0.25) is 0 Å². The van der Waals surface area contributed by atoms with Gasteiger partial charge in [0.15, 0.2) is 0 Å². The van der Waals surface area contributed by atoms with Crippen molar-refractivity contribution in [3.8, 4) is 11.3 Å². The number of benzene rings is 1. The normalized spacial score (nSPS) is 12.2. The molecule has 136 valence electrons. The average Bonchev–Trinajstić information content (AvgIpc) is 3.35. The summed E-state index contributed by atoms with van der Waals surface area (Å²) in [6.07, 6.45) is 4.29. The number of carbonyl (C=O) groups is 1. The second-order valence-corrected chi connectivity index (χ2v) is 6.50. The Balaban J connectivity index is 1.55. The van der Waals surface area contributed by atoms with Crippen molar-refractivity contribution in [1.29, 1.82) is 0 Å². The van der Waals surface area contributed by atoms with Gasteiger partial charge in [0.05, 0.1) is 17.9 Å². The van der Waals surface area contributed by atoms with Crippen molar-refractivity contribution < 1.29 is 4.79 Å². The maximum atomic E-state index is 12.7. The van der Waals surface area contributed by atoms with Crippen LogP contribution < -0.4 is 5.32 Å². The summed E-state index contributed by atoms with van der Waals surface area (Å²) in [4.78, 5) is 24.9. The van der Waals surface area contributed by atoms with Crippen molar-refractivity contribution >= 4 is 11.6 Å². The third-order valence-electron chi connectivity index (χ3n) is 4.65. The minimum absolute atomic E-state index is 0.206. The summed E-state index contributed by atoms with van der Waals surface area (Å²) in [6.45, 7) is 4.00. The largest absolute Gasteiger partial charge is 0.341 e. The van der Waals surface area contributed by atoms with Gasteiger partial charge in [-0.2, -0.15) is 0 Å². The number of pyridine rings is 1. The molecular formula is C21H21N5O. The number of aromatic nitrogens is 4. The number of carbonyl (C=O) groups excluding carboxylic acids is 1. The number of fused-ring (bicyclic) bond motifs is 1. The van der Waals surface area contributed by atoms with E-state index < -0.39 is 0 Å². The number of H-pyrrole nitrogens is 1. The number of hydrogen-bond acceptors (Lipinski definition) is 3. The number of amides is 1. The lowest BCUT2D eigenvalue weighted by molar-refractivity contribution is 0.0929. The highest BCUT2D eigenvalue weighted by molar-refractivity contribution is 5.93. The second-order valence-electron chi connectivity index (χ2n) is 6.50. The Hall–Kier alpha value is -3.41. The Labute approximate surface area is 157 Å². The maximum absolute atomic E-state index is 12.7. The lowest BCUT2D eigenvalue weighted by Crippen LogP contribution is -2.29. The van der Waals surface area contributed by atoms with Gasteiger partial charge in [0.25, 0.3) is 5.91 Å². The molecule has 27 heavy (non-hydrogen) atoms. The van der Waals surface area contributed by atoms with Gasteiger partial charge in [0, 0.05) is 11.9 Å². The molecule has 0 aliphatic carbocycles. The summed E-state index contributed by atoms with van der Waals surface area (Å²) in [7, 11) is 0. The van der Waals surface area contributed by atoms with Crippen molar-refractivity contribution in [2.45, 2.75) is 26.3 Å². The number of aromatic amines is 1. The molecule has 1 aromatic carbocycles. The van der Waals surface area contributed by atoms with E-state index in [-0.39, 0.29) is 11.9 Å². The van der Waals surface area contributed by atoms with Crippen LogP contribution in [0, 0.1) is 6.92 Å². The zero-order chi connectivity index (χ0) is 18.8. The highest BCUT2D eigenvalue weighted by Crippen LogP contribution is 2.21. The second kappa shape index (κ2) is 7.07. The van der Waals surface area contributed by atoms with Gasteiger partial charge in [-0.25, -0.2) is 9.97 Å². The minimum Gasteiger partial charge on any atom is -0.341 e. The molecule has 0 radical (unpaired) electrons. The van der Waals surface area contributed by atoms with Gasteiger partial charge in [0.1, 0.15) is 17.2 Å². The SMILES string of the molecule is CCC(NC(=O)c1cn2c(C)cccc2n1)c1ncc(-c2ccccc2)[nH]1. The van der Waals surface area contributed by atoms with E-state index in [1.165, 1.54) is 0 Å². The lowest BCUT2D eigenvalue weighted by atomic mass is 10.2. The Morgan fingerprint density at radius 2 is 2.00 bits per heavy atom. The van der Waals surface area contributed by atoms with Crippen LogP contribution >= 0.6 is 0 Å². The van der Waals surface area contributed by atoms with E-state index >= 15 is 0 Å². The molecule has 0 saturated heterocycles. The first-order chi connectivity index (χ1) is 13.2. The monoisotopic (exact) mass is 359 g/mol. The molecule has 0 saturated carbocycles. The van der Waals surface area contributed by atoms with E-state index in [4.69, 9.17) is 0 Å². The number of nitrogens with zero attached hydrogens (tertiary/aromatic N) is 3. The summed E-state index contributed by atoms with van der Waals surface area (Å²) in [6, 6.07) is 15.6. The van der Waals surface area contributed by atoms with Crippen LogP contribution in [0.1, 0.15) is 41.4 Å². The van der Waals surface area contributed by atoms with Crippen LogP contribution in [-0.2, 0) is 0 Å². The topological polar surface area (TPSA) is 75.1 Å². The molecule has 0 aliphatic rings. The first-order valence-electron chi connectivity index (χ1n) is 9.01. The summed E-state index contributed by atoms with van der Waals surface area (Å²) in [5.41, 5.74) is 4.19. The van der Waals surface area contributed by atoms with E-state index in [1.807, 2.05) is 66.8 Å². The molecule has 2 N–H and O–H groups in total. The van der Waals surface area contributed by atoms with Crippen LogP contribution in [0.3, 0.4) is 0 Å². The molecule has 1 amide bonds. The van der Waals surface area contributed by atoms with Crippen molar-refractivity contribution in [2.24, 2.45) is 0 Å². The van der Waals surface area contributed by atoms with Crippen LogP contribution in [0.4, 0.5) is 0 Å². The number of nitrogens with one attached hydrogen (secondary N) is 2. The van der Waals surface area contributed by atoms with Crippen molar-refractivity contribution in [3.63, 3.8) is 0 Å². The van der Waals surface area contributed by atoms with Crippen LogP contribution in [0.5, 0.6) is 0 Å². The van der Waals surface area contributed by atoms with Gasteiger partial charge >= 0.3 is 0 Å². The summed E-state index contributed by atoms with van der Waals surface area (Å²) in [5, 5.41) is 3.04. The molecule has 3 heterocycles. The van der Waals surface area contributed by atoms with Gasteiger partial charge < -0.3 is 14.7 Å². The molecule has 0 aliphatic heterocycles. The van der Waals surface area contributed by atoms with Gasteiger partial charge in [0.2, 0.25) is 0 Å². The molecule has 1 unspecified atom stereocenters. The zero-order valence-electron chi connectivity index (χ0n) is 15.3. The van der Waals surface area contributed by atoms with Crippen LogP contribution in [-0.4, -0.2) is 25.3 Å². The highest BCUT2D eigenvalue weighted by Gasteiger charge is 2.19. The standard InChI is InChI=1S/C21H21N5O/c1-3-16(20-22-12-17(24-20)15-9-5-4-6-10-15)25-21(27)18-13-26-14(2)8-7-11-19(26)23-18/h4-13,16H,3H2,1-2H3,(H,22,24)(H,25,27). The molecule has 4 aromatic rings. The molecule has 0 spiro atoms. The fourth-order valence-electron chi connectivity index (χ4n) is 3.13. The Bertz CT molecular complexity index is 1080. The van der Waals surface area contributed by atoms with Gasteiger partial charge in [-0.15, -0.1) is 0 Å². The summed E-state index contributed by atoms with van der Waals surface area (Å²) < 4.78 is 1.91. The number of rotatable bonds is 5. The Morgan fingerprint density at radius 3 is 2.74 bits per heavy atom. The predicted molar refractivity (Wildman–Crippen MR) is 104 cm³/mol. The molecule has 6 heteroatoms. The summed E-state index contributed by atoms with van der Waals surface area (Å²) >= 11 is 0. The zero-order valence-corrected chi connectivity index (χ0v) is 15.3. The highest BCUT2D eigenvalue weighted by atomic mass is 16.2. The van der Waals surface area contributed by atoms with E-state index in [2.05, 4.69) is 20.3 Å². The van der Waals surface area contributed by atoms with E-state index in [0.29, 0.717) is 5.69 Å². The fraction of sp³-hybridized carbons (Fsp3) is 0.190. The third-order valence-corrected chi connectivity index (χ3v) is 4.65. The van der Waals surface area contributed by atoms with Gasteiger partial charge in [-0.1, -0.05) is 43.3 Å². The summed E-state index contributed by atoms with van der Waals surface area (Å²) in [5.74, 6) is 0.534. The molecule has 6 nitrogen and oxygen atoms in total. The fourth-order valence-corrected chi connectivity index (χ4v) is 3.13. The molecule has 0 fully saturated rings. The molecule has 1 atom stereocenters. The van der Waals surface area contributed by atoms with E-state index in [0.717, 1.165) is 34.8 Å². The molecular weight excluding hydrogens is 338 g/mol. The average molecular weight is 359 g/mol. The Kier molecular flexibility index (Phi) is 4.46. The van der Waals surface area contributed by atoms with Gasteiger partial charge in [-0.3, -0.25) is 4.79 Å². The Morgan fingerprint density at radius 1 is 1.19 bits per heavy atom. The van der Waals surface area contributed by atoms with Crippen molar-refractivity contribution in [2.75, 3.05) is 0 Å². The smallest absolute Gasteiger partial charge is 0.272 e. The first kappa shape index (κ1) is 17.0. The minimum atomic E-state index is -0.208. The van der Waals surface area contributed by atoms with E-state index in [9.17, 15) is 4.79 Å². The third kappa shape index (κ3) is 3.33. The van der Waals surface area contributed by atoms with Crippen molar-refractivity contribution in [3.05, 3.63) is 78.1 Å². The predicted octanol–water partition coefficient (Wildman–Crippen LogP) is 3.91. The van der Waals surface area contributed by atoms with E-state index in [1.54, 1.807) is 12.4 Å². The molecule has 4 rings (SSSR count). The van der Waals surface area contributed by atoms with Gasteiger partial charge in [-0.05, 0) is 31.0 Å². The number of hydrogen-bond donors (Lipinski definition) is 2. The number of imidazole rings is 2. The molecule has 3 aromatic heterocycles. The van der Waals surface area contributed by atoms with Crippen LogP contribution in [0.25, 0.3) is 16.9 Å². The first-order valence-corrected chi connectivity index (χ1v) is 9.01. The maximum Gasteiger partial charge on any atom is 0.272 e.